The minimum Gasteiger partial charge on any atom is -0.345 e. The van der Waals surface area contributed by atoms with E-state index < -0.39 is 5.82 Å². The summed E-state index contributed by atoms with van der Waals surface area (Å²) >= 11 is 0. The fraction of sp³-hybridized carbons (Fsp3) is 0.0526. The molecule has 120 valence electrons. The van der Waals surface area contributed by atoms with Crippen LogP contribution >= 0.6 is 0 Å². The molecule has 0 aliphatic heterocycles. The first-order valence-electron chi connectivity index (χ1n) is 7.44. The number of carbonyl (C=O) groups is 2. The van der Waals surface area contributed by atoms with Crippen LogP contribution in [-0.4, -0.2) is 22.8 Å². The molecular formula is C19H15FN2O2. The molecule has 0 saturated heterocycles. The van der Waals surface area contributed by atoms with Gasteiger partial charge in [-0.2, -0.15) is 0 Å². The molecular weight excluding hydrogens is 307 g/mol. The second-order valence-corrected chi connectivity index (χ2v) is 5.25. The van der Waals surface area contributed by atoms with E-state index in [4.69, 9.17) is 0 Å². The van der Waals surface area contributed by atoms with Crippen molar-refractivity contribution in [2.24, 2.45) is 0 Å². The molecule has 0 spiro atoms. The third kappa shape index (κ3) is 3.57. The third-order valence-corrected chi connectivity index (χ3v) is 3.61. The summed E-state index contributed by atoms with van der Waals surface area (Å²) in [6.07, 6.45) is 3.83. The first-order valence-corrected chi connectivity index (χ1v) is 7.44. The van der Waals surface area contributed by atoms with Crippen LogP contribution in [0.1, 0.15) is 20.7 Å². The molecule has 0 atom stereocenters. The minimum atomic E-state index is -0.404. The molecule has 2 aromatic carbocycles. The molecule has 24 heavy (non-hydrogen) atoms. The van der Waals surface area contributed by atoms with Gasteiger partial charge in [0.2, 0.25) is 0 Å². The fourth-order valence-electron chi connectivity index (χ4n) is 2.29. The molecule has 1 heterocycles. The molecule has 0 aliphatic rings. The summed E-state index contributed by atoms with van der Waals surface area (Å²) in [5, 5.41) is 2.58. The van der Waals surface area contributed by atoms with E-state index in [1.54, 1.807) is 12.1 Å². The Labute approximate surface area is 138 Å². The molecule has 3 aromatic rings. The highest BCUT2D eigenvalue weighted by Gasteiger charge is 2.10. The number of nitrogens with one attached hydrogen (secondary N) is 1. The van der Waals surface area contributed by atoms with E-state index >= 15 is 0 Å². The Morgan fingerprint density at radius 1 is 0.875 bits per heavy atom. The Hall–Kier alpha value is -3.21. The average Bonchev–Trinajstić information content (AvgIpc) is 3.15. The molecule has 0 bridgehead atoms. The summed E-state index contributed by atoms with van der Waals surface area (Å²) < 4.78 is 14.8. The van der Waals surface area contributed by atoms with Crippen molar-refractivity contribution in [3.63, 3.8) is 0 Å². The number of benzene rings is 2. The normalized spacial score (nSPS) is 10.4. The van der Waals surface area contributed by atoms with Crippen molar-refractivity contribution in [1.82, 2.24) is 9.88 Å². The van der Waals surface area contributed by atoms with Crippen molar-refractivity contribution in [1.29, 1.82) is 0 Å². The predicted octanol–water partition coefficient (Wildman–Crippen LogP) is 3.23. The molecule has 1 N–H and O–H groups in total. The van der Waals surface area contributed by atoms with E-state index in [1.165, 1.54) is 24.3 Å². The third-order valence-electron chi connectivity index (χ3n) is 3.61. The Kier molecular flexibility index (Phi) is 4.52. The Morgan fingerprint density at radius 3 is 2.08 bits per heavy atom. The number of Topliss-reactive ketones (excluding diaryl/α,β-unsaturated/α-hetero) is 1. The number of amides is 1. The average molecular weight is 322 g/mol. The first-order chi connectivity index (χ1) is 11.6. The highest BCUT2D eigenvalue weighted by molar-refractivity contribution is 6.02. The smallest absolute Gasteiger partial charge is 0.251 e. The lowest BCUT2D eigenvalue weighted by atomic mass is 10.1. The SMILES string of the molecule is O=C(CNC(=O)c1ccc(-n2cccc2)cc1)c1ccc(F)cc1. The zero-order chi connectivity index (χ0) is 16.9. The van der Waals surface area contributed by atoms with Gasteiger partial charge < -0.3 is 9.88 Å². The molecule has 4 nitrogen and oxygen atoms in total. The van der Waals surface area contributed by atoms with E-state index in [1.807, 2.05) is 41.2 Å². The van der Waals surface area contributed by atoms with Gasteiger partial charge in [-0.1, -0.05) is 0 Å². The van der Waals surface area contributed by atoms with Crippen LogP contribution in [0.4, 0.5) is 4.39 Å². The summed E-state index contributed by atoms with van der Waals surface area (Å²) in [6.45, 7) is -0.135. The lowest BCUT2D eigenvalue weighted by molar-refractivity contribution is 0.0904. The number of ketones is 1. The van der Waals surface area contributed by atoms with Crippen LogP contribution in [0.2, 0.25) is 0 Å². The maximum Gasteiger partial charge on any atom is 0.251 e. The molecule has 0 aliphatic carbocycles. The predicted molar refractivity (Wildman–Crippen MR) is 88.8 cm³/mol. The second-order valence-electron chi connectivity index (χ2n) is 5.25. The van der Waals surface area contributed by atoms with Crippen molar-refractivity contribution in [3.8, 4) is 5.69 Å². The van der Waals surface area contributed by atoms with Gasteiger partial charge in [-0.05, 0) is 60.7 Å². The lowest BCUT2D eigenvalue weighted by Crippen LogP contribution is -2.29. The summed E-state index contributed by atoms with van der Waals surface area (Å²) in [5.41, 5.74) is 1.77. The number of rotatable bonds is 5. The summed E-state index contributed by atoms with van der Waals surface area (Å²) in [4.78, 5) is 24.1. The van der Waals surface area contributed by atoms with Crippen molar-refractivity contribution in [2.75, 3.05) is 6.54 Å². The first kappa shape index (κ1) is 15.7. The van der Waals surface area contributed by atoms with Crippen LogP contribution in [0.25, 0.3) is 5.69 Å². The zero-order valence-corrected chi connectivity index (χ0v) is 12.8. The van der Waals surface area contributed by atoms with Crippen molar-refractivity contribution in [2.45, 2.75) is 0 Å². The van der Waals surface area contributed by atoms with Crippen molar-refractivity contribution in [3.05, 3.63) is 90.0 Å². The van der Waals surface area contributed by atoms with Crippen molar-refractivity contribution >= 4 is 11.7 Å². The molecule has 1 amide bonds. The van der Waals surface area contributed by atoms with Gasteiger partial charge in [-0.15, -0.1) is 0 Å². The van der Waals surface area contributed by atoms with E-state index in [0.29, 0.717) is 11.1 Å². The molecule has 0 unspecified atom stereocenters. The van der Waals surface area contributed by atoms with Gasteiger partial charge in [0, 0.05) is 29.2 Å². The molecule has 1 aromatic heterocycles. The molecule has 0 saturated carbocycles. The van der Waals surface area contributed by atoms with Gasteiger partial charge in [0.15, 0.2) is 5.78 Å². The molecule has 5 heteroatoms. The van der Waals surface area contributed by atoms with Gasteiger partial charge >= 0.3 is 0 Å². The largest absolute Gasteiger partial charge is 0.345 e. The quantitative estimate of drug-likeness (QED) is 0.733. The van der Waals surface area contributed by atoms with E-state index in [9.17, 15) is 14.0 Å². The van der Waals surface area contributed by atoms with Crippen LogP contribution < -0.4 is 5.32 Å². The van der Waals surface area contributed by atoms with Crippen LogP contribution in [0.15, 0.2) is 73.1 Å². The van der Waals surface area contributed by atoms with E-state index in [-0.39, 0.29) is 18.2 Å². The van der Waals surface area contributed by atoms with E-state index in [2.05, 4.69) is 5.32 Å². The Balaban J connectivity index is 1.60. The monoisotopic (exact) mass is 322 g/mol. The topological polar surface area (TPSA) is 51.1 Å². The lowest BCUT2D eigenvalue weighted by Gasteiger charge is -2.07. The molecule has 3 rings (SSSR count). The zero-order valence-electron chi connectivity index (χ0n) is 12.8. The maximum atomic E-state index is 12.8. The number of halogens is 1. The second kappa shape index (κ2) is 6.91. The Morgan fingerprint density at radius 2 is 1.46 bits per heavy atom. The maximum absolute atomic E-state index is 12.8. The van der Waals surface area contributed by atoms with Gasteiger partial charge in [0.25, 0.3) is 5.91 Å². The van der Waals surface area contributed by atoms with Crippen LogP contribution in [0.5, 0.6) is 0 Å². The highest BCUT2D eigenvalue weighted by atomic mass is 19.1. The number of nitrogens with zero attached hydrogens (tertiary/aromatic N) is 1. The fourth-order valence-corrected chi connectivity index (χ4v) is 2.29. The summed E-state index contributed by atoms with van der Waals surface area (Å²) in [5.74, 6) is -1.00. The van der Waals surface area contributed by atoms with Crippen molar-refractivity contribution < 1.29 is 14.0 Å². The standard InChI is InChI=1S/C19H15FN2O2/c20-16-7-3-14(4-8-16)18(23)13-21-19(24)15-5-9-17(10-6-15)22-11-1-2-12-22/h1-12H,13H2,(H,21,24). The van der Waals surface area contributed by atoms with E-state index in [0.717, 1.165) is 5.69 Å². The molecule has 0 fully saturated rings. The van der Waals surface area contributed by atoms with Crippen LogP contribution in [0, 0.1) is 5.82 Å². The van der Waals surface area contributed by atoms with Gasteiger partial charge in [0.1, 0.15) is 5.82 Å². The summed E-state index contributed by atoms with van der Waals surface area (Å²) in [6, 6.07) is 16.1. The number of carbonyl (C=O) groups excluding carboxylic acids is 2. The summed E-state index contributed by atoms with van der Waals surface area (Å²) in [7, 11) is 0. The number of aromatic nitrogens is 1. The van der Waals surface area contributed by atoms with Crippen LogP contribution in [-0.2, 0) is 0 Å². The van der Waals surface area contributed by atoms with Gasteiger partial charge in [-0.3, -0.25) is 9.59 Å². The highest BCUT2D eigenvalue weighted by Crippen LogP contribution is 2.10. The number of hydrogen-bond acceptors (Lipinski definition) is 2. The van der Waals surface area contributed by atoms with Gasteiger partial charge in [-0.25, -0.2) is 4.39 Å². The number of hydrogen-bond donors (Lipinski definition) is 1. The molecule has 0 radical (unpaired) electrons. The Bertz CT molecular complexity index is 838. The minimum absolute atomic E-state index is 0.135. The van der Waals surface area contributed by atoms with Gasteiger partial charge in [0.05, 0.1) is 6.54 Å². The van der Waals surface area contributed by atoms with Crippen LogP contribution in [0.3, 0.4) is 0 Å².